The molecule has 1 N–H and O–H groups in total. The van der Waals surface area contributed by atoms with Crippen molar-refractivity contribution in [3.63, 3.8) is 0 Å². The Morgan fingerprint density at radius 2 is 2.19 bits per heavy atom. The summed E-state index contributed by atoms with van der Waals surface area (Å²) in [6.45, 7) is 6.53. The first kappa shape index (κ1) is 15.6. The van der Waals surface area contributed by atoms with Crippen LogP contribution in [0.1, 0.15) is 37.4 Å². The highest BCUT2D eigenvalue weighted by Crippen LogP contribution is 2.42. The van der Waals surface area contributed by atoms with Crippen LogP contribution in [-0.2, 0) is 6.42 Å². The van der Waals surface area contributed by atoms with E-state index in [0.29, 0.717) is 16.5 Å². The van der Waals surface area contributed by atoms with Crippen molar-refractivity contribution >= 4 is 23.5 Å². The molecule has 2 nitrogen and oxygen atoms in total. The largest absolute Gasteiger partial charge is 0.493 e. The molecule has 1 aromatic rings. The first-order valence-corrected chi connectivity index (χ1v) is 10.1. The molecule has 2 heterocycles. The maximum absolute atomic E-state index is 5.96. The van der Waals surface area contributed by atoms with Crippen LogP contribution in [0.25, 0.3) is 0 Å². The van der Waals surface area contributed by atoms with Crippen molar-refractivity contribution in [2.75, 3.05) is 24.7 Å². The summed E-state index contributed by atoms with van der Waals surface area (Å²) in [5.41, 5.74) is 2.77. The molecule has 2 aliphatic heterocycles. The first-order chi connectivity index (χ1) is 10.3. The summed E-state index contributed by atoms with van der Waals surface area (Å²) in [4.78, 5) is 0. The predicted octanol–water partition coefficient (Wildman–Crippen LogP) is 3.90. The lowest BCUT2D eigenvalue weighted by atomic mass is 9.97. The van der Waals surface area contributed by atoms with E-state index in [0.717, 1.165) is 25.3 Å². The summed E-state index contributed by atoms with van der Waals surface area (Å²) >= 11 is 4.25. The van der Waals surface area contributed by atoms with Crippen LogP contribution < -0.4 is 10.1 Å². The molecule has 0 amide bonds. The van der Waals surface area contributed by atoms with Gasteiger partial charge < -0.3 is 10.1 Å². The topological polar surface area (TPSA) is 21.3 Å². The summed E-state index contributed by atoms with van der Waals surface area (Å²) in [7, 11) is 0. The number of fused-ring (bicyclic) bond motifs is 1. The molecule has 0 aliphatic carbocycles. The molecule has 1 fully saturated rings. The first-order valence-electron chi connectivity index (χ1n) is 8.02. The van der Waals surface area contributed by atoms with Crippen LogP contribution in [0.4, 0.5) is 0 Å². The highest BCUT2D eigenvalue weighted by Gasteiger charge is 2.33. The highest BCUT2D eigenvalue weighted by molar-refractivity contribution is 8.07. The van der Waals surface area contributed by atoms with Gasteiger partial charge in [0.05, 0.1) is 6.61 Å². The number of hydrogen-bond acceptors (Lipinski definition) is 4. The van der Waals surface area contributed by atoms with Gasteiger partial charge in [0, 0.05) is 40.0 Å². The molecule has 2 aliphatic rings. The van der Waals surface area contributed by atoms with E-state index in [9.17, 15) is 0 Å². The summed E-state index contributed by atoms with van der Waals surface area (Å²) in [6.07, 6.45) is 2.23. The third kappa shape index (κ3) is 3.38. The lowest BCUT2D eigenvalue weighted by Crippen LogP contribution is -2.38. The van der Waals surface area contributed by atoms with Crippen molar-refractivity contribution in [3.05, 3.63) is 29.3 Å². The second-order valence-corrected chi connectivity index (χ2v) is 8.55. The molecule has 3 unspecified atom stereocenters. The highest BCUT2D eigenvalue weighted by atomic mass is 32.2. The fourth-order valence-electron chi connectivity index (χ4n) is 3.20. The van der Waals surface area contributed by atoms with Gasteiger partial charge in [0.1, 0.15) is 5.75 Å². The standard InChI is InChI=1S/C17H25NOS2/c1-3-8-18-15(17-12(2)20-10-11-21-17)14-6-4-5-13-7-9-19-16(13)14/h4-6,12,15,17-18H,3,7-11H2,1-2H3. The molecule has 1 saturated heterocycles. The van der Waals surface area contributed by atoms with Gasteiger partial charge >= 0.3 is 0 Å². The number of ether oxygens (including phenoxy) is 1. The third-order valence-corrected chi connectivity index (χ3v) is 7.45. The van der Waals surface area contributed by atoms with Crippen LogP contribution in [-0.4, -0.2) is 35.2 Å². The fraction of sp³-hybridized carbons (Fsp3) is 0.647. The molecule has 3 rings (SSSR count). The smallest absolute Gasteiger partial charge is 0.127 e. The average molecular weight is 324 g/mol. The number of rotatable bonds is 5. The van der Waals surface area contributed by atoms with Gasteiger partial charge in [-0.3, -0.25) is 0 Å². The molecule has 21 heavy (non-hydrogen) atoms. The Balaban J connectivity index is 1.90. The minimum atomic E-state index is 0.408. The van der Waals surface area contributed by atoms with Gasteiger partial charge in [-0.1, -0.05) is 32.0 Å². The summed E-state index contributed by atoms with van der Waals surface area (Å²) in [5, 5.41) is 5.12. The van der Waals surface area contributed by atoms with Crippen molar-refractivity contribution in [2.45, 2.75) is 43.2 Å². The maximum Gasteiger partial charge on any atom is 0.127 e. The normalized spacial score (nSPS) is 26.2. The number of nitrogens with one attached hydrogen (secondary N) is 1. The number of hydrogen-bond donors (Lipinski definition) is 1. The average Bonchev–Trinajstić information content (AvgIpc) is 2.98. The third-order valence-electron chi connectivity index (χ3n) is 4.26. The molecule has 116 valence electrons. The zero-order valence-electron chi connectivity index (χ0n) is 12.9. The fourth-order valence-corrected chi connectivity index (χ4v) is 6.14. The van der Waals surface area contributed by atoms with Crippen molar-refractivity contribution in [1.29, 1.82) is 0 Å². The van der Waals surface area contributed by atoms with Crippen LogP contribution in [0.3, 0.4) is 0 Å². The Labute approximate surface area is 136 Å². The van der Waals surface area contributed by atoms with E-state index in [-0.39, 0.29) is 0 Å². The van der Waals surface area contributed by atoms with E-state index in [1.807, 2.05) is 0 Å². The Morgan fingerprint density at radius 3 is 3.00 bits per heavy atom. The quantitative estimate of drug-likeness (QED) is 0.887. The van der Waals surface area contributed by atoms with E-state index in [4.69, 9.17) is 4.74 Å². The number of thioether (sulfide) groups is 2. The number of benzene rings is 1. The van der Waals surface area contributed by atoms with Gasteiger partial charge in [-0.25, -0.2) is 0 Å². The lowest BCUT2D eigenvalue weighted by Gasteiger charge is -2.36. The summed E-state index contributed by atoms with van der Waals surface area (Å²) in [5.74, 6) is 3.71. The second-order valence-electron chi connectivity index (χ2n) is 5.78. The van der Waals surface area contributed by atoms with Crippen molar-refractivity contribution in [2.24, 2.45) is 0 Å². The summed E-state index contributed by atoms with van der Waals surface area (Å²) in [6, 6.07) is 7.10. The molecule has 1 aromatic carbocycles. The minimum absolute atomic E-state index is 0.408. The molecule has 0 aromatic heterocycles. The Bertz CT molecular complexity index is 480. The lowest BCUT2D eigenvalue weighted by molar-refractivity contribution is 0.347. The van der Waals surface area contributed by atoms with Crippen LogP contribution in [0.2, 0.25) is 0 Å². The zero-order chi connectivity index (χ0) is 14.7. The Hall–Kier alpha value is -0.320. The van der Waals surface area contributed by atoms with E-state index >= 15 is 0 Å². The van der Waals surface area contributed by atoms with E-state index in [2.05, 4.69) is 60.9 Å². The van der Waals surface area contributed by atoms with Crippen LogP contribution in [0, 0.1) is 0 Å². The number of para-hydroxylation sites is 1. The van der Waals surface area contributed by atoms with Crippen LogP contribution >= 0.6 is 23.5 Å². The Morgan fingerprint density at radius 1 is 1.33 bits per heavy atom. The van der Waals surface area contributed by atoms with Gasteiger partial charge in [-0.05, 0) is 18.5 Å². The van der Waals surface area contributed by atoms with Crippen molar-refractivity contribution < 1.29 is 4.74 Å². The van der Waals surface area contributed by atoms with Gasteiger partial charge in [0.15, 0.2) is 0 Å². The van der Waals surface area contributed by atoms with Crippen LogP contribution in [0.15, 0.2) is 18.2 Å². The zero-order valence-corrected chi connectivity index (χ0v) is 14.6. The maximum atomic E-state index is 5.96. The molecule has 0 radical (unpaired) electrons. The molecule has 0 saturated carbocycles. The SMILES string of the molecule is CCCNC(c1cccc2c1OCC2)C1SCCSC1C. The van der Waals surface area contributed by atoms with Crippen molar-refractivity contribution in [1.82, 2.24) is 5.32 Å². The molecule has 0 spiro atoms. The summed E-state index contributed by atoms with van der Waals surface area (Å²) < 4.78 is 5.96. The molecule has 0 bridgehead atoms. The van der Waals surface area contributed by atoms with E-state index in [1.54, 1.807) is 0 Å². The molecular formula is C17H25NOS2. The van der Waals surface area contributed by atoms with Crippen molar-refractivity contribution in [3.8, 4) is 5.75 Å². The monoisotopic (exact) mass is 323 g/mol. The Kier molecular flexibility index (Phi) is 5.41. The molecular weight excluding hydrogens is 298 g/mol. The van der Waals surface area contributed by atoms with E-state index < -0.39 is 0 Å². The van der Waals surface area contributed by atoms with E-state index in [1.165, 1.54) is 29.1 Å². The van der Waals surface area contributed by atoms with Gasteiger partial charge in [-0.15, -0.1) is 0 Å². The van der Waals surface area contributed by atoms with Gasteiger partial charge in [0.2, 0.25) is 0 Å². The van der Waals surface area contributed by atoms with Gasteiger partial charge in [0.25, 0.3) is 0 Å². The molecule has 3 atom stereocenters. The molecule has 4 heteroatoms. The van der Waals surface area contributed by atoms with Gasteiger partial charge in [-0.2, -0.15) is 23.5 Å². The predicted molar refractivity (Wildman–Crippen MR) is 94.8 cm³/mol. The minimum Gasteiger partial charge on any atom is -0.493 e. The van der Waals surface area contributed by atoms with Crippen LogP contribution in [0.5, 0.6) is 5.75 Å². The second kappa shape index (κ2) is 7.30.